The van der Waals surface area contributed by atoms with Gasteiger partial charge in [-0.25, -0.2) is 0 Å². The molecule has 2 amide bonds. The van der Waals surface area contributed by atoms with Crippen LogP contribution in [0.4, 0.5) is 11.4 Å². The van der Waals surface area contributed by atoms with Gasteiger partial charge in [-0.15, -0.1) is 0 Å². The molecule has 1 aliphatic carbocycles. The lowest BCUT2D eigenvalue weighted by Gasteiger charge is -2.16. The van der Waals surface area contributed by atoms with Crippen LogP contribution in [0.5, 0.6) is 11.5 Å². The van der Waals surface area contributed by atoms with Crippen molar-refractivity contribution in [3.63, 3.8) is 0 Å². The van der Waals surface area contributed by atoms with E-state index in [4.69, 9.17) is 9.47 Å². The van der Waals surface area contributed by atoms with Gasteiger partial charge in [0.1, 0.15) is 11.5 Å². The van der Waals surface area contributed by atoms with Gasteiger partial charge in [0.25, 0.3) is 5.91 Å². The molecule has 0 aromatic heterocycles. The van der Waals surface area contributed by atoms with Gasteiger partial charge in [-0.05, 0) is 25.0 Å². The van der Waals surface area contributed by atoms with Crippen LogP contribution in [0.15, 0.2) is 42.5 Å². The summed E-state index contributed by atoms with van der Waals surface area (Å²) in [4.78, 5) is 24.4. The van der Waals surface area contributed by atoms with Gasteiger partial charge in [0, 0.05) is 23.6 Å². The molecule has 1 saturated carbocycles. The van der Waals surface area contributed by atoms with Crippen molar-refractivity contribution in [3.05, 3.63) is 48.0 Å². The number of benzene rings is 2. The van der Waals surface area contributed by atoms with Gasteiger partial charge in [-0.3, -0.25) is 9.59 Å². The Hall–Kier alpha value is -3.02. The molecule has 6 heteroatoms. The SMILES string of the molecule is COc1cc(NC(=O)C2CC2)c(OC)cc1NC(=O)c1ccccc1. The molecule has 0 unspecified atom stereocenters. The van der Waals surface area contributed by atoms with Crippen molar-refractivity contribution in [2.45, 2.75) is 12.8 Å². The number of hydrogen-bond acceptors (Lipinski definition) is 4. The number of rotatable bonds is 6. The third-order valence-electron chi connectivity index (χ3n) is 4.01. The second-order valence-electron chi connectivity index (χ2n) is 5.84. The lowest BCUT2D eigenvalue weighted by molar-refractivity contribution is -0.117. The maximum Gasteiger partial charge on any atom is 0.255 e. The number of anilines is 2. The van der Waals surface area contributed by atoms with Crippen LogP contribution in [0.25, 0.3) is 0 Å². The zero-order valence-corrected chi connectivity index (χ0v) is 14.2. The van der Waals surface area contributed by atoms with Crippen LogP contribution in [-0.2, 0) is 4.79 Å². The number of carbonyl (C=O) groups excluding carboxylic acids is 2. The fourth-order valence-corrected chi connectivity index (χ4v) is 2.46. The van der Waals surface area contributed by atoms with Gasteiger partial charge in [-0.2, -0.15) is 0 Å². The minimum atomic E-state index is -0.254. The summed E-state index contributed by atoms with van der Waals surface area (Å²) in [6.45, 7) is 0. The van der Waals surface area contributed by atoms with Crippen LogP contribution >= 0.6 is 0 Å². The summed E-state index contributed by atoms with van der Waals surface area (Å²) >= 11 is 0. The van der Waals surface area contributed by atoms with Crippen molar-refractivity contribution in [1.29, 1.82) is 0 Å². The van der Waals surface area contributed by atoms with Crippen LogP contribution in [-0.4, -0.2) is 26.0 Å². The summed E-state index contributed by atoms with van der Waals surface area (Å²) in [7, 11) is 3.02. The predicted octanol–water partition coefficient (Wildman–Crippen LogP) is 3.30. The average Bonchev–Trinajstić information content (AvgIpc) is 3.48. The second-order valence-corrected chi connectivity index (χ2v) is 5.84. The normalized spacial score (nSPS) is 13.0. The quantitative estimate of drug-likeness (QED) is 0.846. The Bertz CT molecular complexity index is 786. The minimum absolute atomic E-state index is 0.0265. The molecule has 0 bridgehead atoms. The summed E-state index contributed by atoms with van der Waals surface area (Å²) in [6, 6.07) is 12.2. The van der Waals surface area contributed by atoms with Crippen LogP contribution in [0.3, 0.4) is 0 Å². The molecule has 0 heterocycles. The summed E-state index contributed by atoms with van der Waals surface area (Å²) < 4.78 is 10.7. The highest BCUT2D eigenvalue weighted by atomic mass is 16.5. The molecule has 130 valence electrons. The van der Waals surface area contributed by atoms with Gasteiger partial charge < -0.3 is 20.1 Å². The molecule has 0 spiro atoms. The summed E-state index contributed by atoms with van der Waals surface area (Å²) in [6.07, 6.45) is 1.83. The van der Waals surface area contributed by atoms with Crippen molar-refractivity contribution in [3.8, 4) is 11.5 Å². The van der Waals surface area contributed by atoms with E-state index < -0.39 is 0 Å². The Kier molecular flexibility index (Phi) is 4.88. The van der Waals surface area contributed by atoms with Crippen molar-refractivity contribution in [2.75, 3.05) is 24.9 Å². The highest BCUT2D eigenvalue weighted by Gasteiger charge is 2.30. The third-order valence-corrected chi connectivity index (χ3v) is 4.01. The Balaban J connectivity index is 1.85. The van der Waals surface area contributed by atoms with Gasteiger partial charge in [0.15, 0.2) is 0 Å². The first-order valence-corrected chi connectivity index (χ1v) is 8.05. The zero-order chi connectivity index (χ0) is 17.8. The van der Waals surface area contributed by atoms with E-state index in [1.165, 1.54) is 14.2 Å². The fraction of sp³-hybridized carbons (Fsp3) is 0.263. The molecule has 25 heavy (non-hydrogen) atoms. The summed E-state index contributed by atoms with van der Waals surface area (Å²) in [5, 5.41) is 5.67. The maximum absolute atomic E-state index is 12.4. The Morgan fingerprint density at radius 2 is 1.48 bits per heavy atom. The highest BCUT2D eigenvalue weighted by molar-refractivity contribution is 6.05. The first kappa shape index (κ1) is 16.8. The van der Waals surface area contributed by atoms with Gasteiger partial charge in [0.05, 0.1) is 25.6 Å². The molecule has 0 saturated heterocycles. The number of nitrogens with one attached hydrogen (secondary N) is 2. The largest absolute Gasteiger partial charge is 0.494 e. The molecule has 2 N–H and O–H groups in total. The van der Waals surface area contributed by atoms with Gasteiger partial charge in [0.2, 0.25) is 5.91 Å². The van der Waals surface area contributed by atoms with Crippen molar-refractivity contribution >= 4 is 23.2 Å². The van der Waals surface area contributed by atoms with E-state index in [1.807, 2.05) is 6.07 Å². The minimum Gasteiger partial charge on any atom is -0.494 e. The van der Waals surface area contributed by atoms with E-state index in [1.54, 1.807) is 36.4 Å². The fourth-order valence-electron chi connectivity index (χ4n) is 2.46. The topological polar surface area (TPSA) is 76.7 Å². The van der Waals surface area contributed by atoms with Gasteiger partial charge in [-0.1, -0.05) is 18.2 Å². The number of methoxy groups -OCH3 is 2. The Labute approximate surface area is 146 Å². The van der Waals surface area contributed by atoms with Crippen LogP contribution < -0.4 is 20.1 Å². The molecule has 0 aliphatic heterocycles. The molecule has 2 aromatic rings. The maximum atomic E-state index is 12.4. The highest BCUT2D eigenvalue weighted by Crippen LogP contribution is 2.38. The van der Waals surface area contributed by atoms with Crippen LogP contribution in [0.1, 0.15) is 23.2 Å². The second kappa shape index (κ2) is 7.25. The van der Waals surface area contributed by atoms with Crippen molar-refractivity contribution < 1.29 is 19.1 Å². The molecule has 6 nitrogen and oxygen atoms in total. The third kappa shape index (κ3) is 3.91. The first-order valence-electron chi connectivity index (χ1n) is 8.05. The van der Waals surface area contributed by atoms with Crippen molar-refractivity contribution in [1.82, 2.24) is 0 Å². The Morgan fingerprint density at radius 1 is 0.920 bits per heavy atom. The van der Waals surface area contributed by atoms with Crippen LogP contribution in [0, 0.1) is 5.92 Å². The number of ether oxygens (including phenoxy) is 2. The Morgan fingerprint density at radius 3 is 2.00 bits per heavy atom. The van der Waals surface area contributed by atoms with Gasteiger partial charge >= 0.3 is 0 Å². The molecule has 0 atom stereocenters. The molecule has 2 aromatic carbocycles. The zero-order valence-electron chi connectivity index (χ0n) is 14.2. The number of carbonyl (C=O) groups is 2. The van der Waals surface area contributed by atoms with Crippen LogP contribution in [0.2, 0.25) is 0 Å². The summed E-state index contributed by atoms with van der Waals surface area (Å²) in [5.41, 5.74) is 1.53. The number of amides is 2. The molecular weight excluding hydrogens is 320 g/mol. The van der Waals surface area contributed by atoms with E-state index in [9.17, 15) is 9.59 Å². The lowest BCUT2D eigenvalue weighted by atomic mass is 10.2. The monoisotopic (exact) mass is 340 g/mol. The molecule has 1 fully saturated rings. The molecular formula is C19H20N2O4. The van der Waals surface area contributed by atoms with E-state index in [-0.39, 0.29) is 17.7 Å². The lowest BCUT2D eigenvalue weighted by Crippen LogP contribution is -2.15. The van der Waals surface area contributed by atoms with E-state index in [0.717, 1.165) is 12.8 Å². The molecule has 1 aliphatic rings. The van der Waals surface area contributed by atoms with E-state index >= 15 is 0 Å². The number of hydrogen-bond donors (Lipinski definition) is 2. The summed E-state index contributed by atoms with van der Waals surface area (Å²) in [5.74, 6) is 0.694. The molecule has 0 radical (unpaired) electrons. The first-order chi connectivity index (χ1) is 12.1. The van der Waals surface area contributed by atoms with Crippen molar-refractivity contribution in [2.24, 2.45) is 5.92 Å². The van der Waals surface area contributed by atoms with E-state index in [0.29, 0.717) is 28.4 Å². The molecule has 3 rings (SSSR count). The predicted molar refractivity (Wildman–Crippen MR) is 95.3 cm³/mol. The standard InChI is InChI=1S/C19H20N2O4/c1-24-16-11-15(21-19(23)13-8-9-13)17(25-2)10-14(16)20-18(22)12-6-4-3-5-7-12/h3-7,10-11,13H,8-9H2,1-2H3,(H,20,22)(H,21,23). The average molecular weight is 340 g/mol. The van der Waals surface area contributed by atoms with E-state index in [2.05, 4.69) is 10.6 Å². The smallest absolute Gasteiger partial charge is 0.255 e.